The summed E-state index contributed by atoms with van der Waals surface area (Å²) in [4.78, 5) is 0. The third kappa shape index (κ3) is 0.439. The Morgan fingerprint density at radius 3 is 2.31 bits per heavy atom. The zero-order valence-corrected chi connectivity index (χ0v) is 7.76. The molecule has 5 aliphatic carbocycles. The van der Waals surface area contributed by atoms with Crippen LogP contribution in [0.5, 0.6) is 0 Å². The van der Waals surface area contributed by atoms with Crippen molar-refractivity contribution in [3.05, 3.63) is 0 Å². The van der Waals surface area contributed by atoms with E-state index in [-0.39, 0.29) is 6.10 Å². The first-order chi connectivity index (χ1) is 6.36. The summed E-state index contributed by atoms with van der Waals surface area (Å²) in [5, 5.41) is 10.2. The first-order valence-corrected chi connectivity index (χ1v) is 6.04. The van der Waals surface area contributed by atoms with Gasteiger partial charge in [-0.25, -0.2) is 0 Å². The summed E-state index contributed by atoms with van der Waals surface area (Å²) in [7, 11) is 0. The quantitative estimate of drug-likeness (QED) is 0.593. The Kier molecular flexibility index (Phi) is 0.793. The van der Waals surface area contributed by atoms with E-state index in [1.165, 1.54) is 12.8 Å². The smallest absolute Gasteiger partial charge is 0.0605 e. The molecule has 5 aliphatic rings. The van der Waals surface area contributed by atoms with E-state index in [4.69, 9.17) is 0 Å². The minimum Gasteiger partial charge on any atom is -0.393 e. The Morgan fingerprint density at radius 2 is 1.46 bits per heavy atom. The van der Waals surface area contributed by atoms with E-state index in [1.54, 1.807) is 6.42 Å². The van der Waals surface area contributed by atoms with Crippen molar-refractivity contribution in [2.75, 3.05) is 0 Å². The Balaban J connectivity index is 1.82. The highest BCUT2D eigenvalue weighted by Gasteiger charge is 2.75. The molecule has 70 valence electrons. The summed E-state index contributed by atoms with van der Waals surface area (Å²) in [6.07, 6.45) is 4.59. The van der Waals surface area contributed by atoms with Gasteiger partial charge in [0.1, 0.15) is 0 Å². The number of hydrogen-bond acceptors (Lipinski definition) is 1. The maximum atomic E-state index is 10.2. The van der Waals surface area contributed by atoms with Crippen molar-refractivity contribution in [3.63, 3.8) is 0 Å². The molecule has 0 aliphatic heterocycles. The Morgan fingerprint density at radius 1 is 0.692 bits per heavy atom. The van der Waals surface area contributed by atoms with Crippen molar-refractivity contribution in [1.82, 2.24) is 0 Å². The van der Waals surface area contributed by atoms with Crippen molar-refractivity contribution in [1.29, 1.82) is 0 Å². The number of aliphatic hydroxyl groups is 1. The molecule has 0 aromatic carbocycles. The van der Waals surface area contributed by atoms with E-state index in [9.17, 15) is 5.11 Å². The van der Waals surface area contributed by atoms with Crippen LogP contribution in [0, 0.1) is 47.3 Å². The zero-order valence-electron chi connectivity index (χ0n) is 7.76. The van der Waals surface area contributed by atoms with Crippen molar-refractivity contribution in [3.8, 4) is 0 Å². The van der Waals surface area contributed by atoms with Gasteiger partial charge in [-0.3, -0.25) is 0 Å². The lowest BCUT2D eigenvalue weighted by Crippen LogP contribution is -2.32. The molecular formula is C12H16O. The summed E-state index contributed by atoms with van der Waals surface area (Å²) in [5.41, 5.74) is 0. The average Bonchev–Trinajstić information content (AvgIpc) is 2.74. The minimum absolute atomic E-state index is 0.131. The molecule has 0 heterocycles. The summed E-state index contributed by atoms with van der Waals surface area (Å²) in [6, 6.07) is 0. The molecule has 1 N–H and O–H groups in total. The largest absolute Gasteiger partial charge is 0.393 e. The van der Waals surface area contributed by atoms with Gasteiger partial charge in [-0.05, 0) is 66.6 Å². The number of aliphatic hydroxyl groups excluding tert-OH is 1. The highest BCUT2D eigenvalue weighted by Crippen LogP contribution is 2.78. The molecule has 1 nitrogen and oxygen atoms in total. The molecule has 4 bridgehead atoms. The van der Waals surface area contributed by atoms with Gasteiger partial charge in [0.15, 0.2) is 0 Å². The molecule has 5 fully saturated rings. The van der Waals surface area contributed by atoms with Crippen LogP contribution in [-0.4, -0.2) is 11.2 Å². The molecule has 5 saturated carbocycles. The van der Waals surface area contributed by atoms with Crippen molar-refractivity contribution >= 4 is 0 Å². The van der Waals surface area contributed by atoms with Gasteiger partial charge in [0, 0.05) is 0 Å². The lowest BCUT2D eigenvalue weighted by molar-refractivity contribution is 0.0327. The second-order valence-corrected chi connectivity index (χ2v) is 6.35. The lowest BCUT2D eigenvalue weighted by atomic mass is 9.77. The fraction of sp³-hybridized carbons (Fsp3) is 1.00. The third-order valence-electron chi connectivity index (χ3n) is 6.54. The summed E-state index contributed by atoms with van der Waals surface area (Å²) in [5.74, 6) is 7.68. The molecule has 5 rings (SSSR count). The molecule has 0 aromatic rings. The fourth-order valence-corrected chi connectivity index (χ4v) is 6.70. The van der Waals surface area contributed by atoms with Crippen LogP contribution in [0.25, 0.3) is 0 Å². The topological polar surface area (TPSA) is 20.2 Å². The van der Waals surface area contributed by atoms with E-state index in [1.807, 2.05) is 0 Å². The molecule has 0 aromatic heterocycles. The maximum Gasteiger partial charge on any atom is 0.0605 e. The van der Waals surface area contributed by atoms with Crippen LogP contribution in [0.15, 0.2) is 0 Å². The van der Waals surface area contributed by atoms with E-state index in [2.05, 4.69) is 0 Å². The second-order valence-electron chi connectivity index (χ2n) is 6.35. The predicted octanol–water partition coefficient (Wildman–Crippen LogP) is 1.52. The van der Waals surface area contributed by atoms with Gasteiger partial charge in [-0.1, -0.05) is 0 Å². The summed E-state index contributed by atoms with van der Waals surface area (Å²) in [6.45, 7) is 0. The van der Waals surface area contributed by atoms with Crippen molar-refractivity contribution in [2.24, 2.45) is 47.3 Å². The lowest BCUT2D eigenvalue weighted by Gasteiger charge is -2.30. The van der Waals surface area contributed by atoms with Gasteiger partial charge >= 0.3 is 0 Å². The van der Waals surface area contributed by atoms with Crippen LogP contribution in [0.4, 0.5) is 0 Å². The fourth-order valence-electron chi connectivity index (χ4n) is 6.70. The second kappa shape index (κ2) is 1.60. The molecule has 0 spiro atoms. The van der Waals surface area contributed by atoms with Gasteiger partial charge in [0.05, 0.1) is 6.10 Å². The molecular weight excluding hydrogens is 160 g/mol. The van der Waals surface area contributed by atoms with Crippen LogP contribution < -0.4 is 0 Å². The normalized spacial score (nSPS) is 80.5. The minimum atomic E-state index is 0.131. The van der Waals surface area contributed by atoms with Gasteiger partial charge in [0.25, 0.3) is 0 Å². The summed E-state index contributed by atoms with van der Waals surface area (Å²) < 4.78 is 0. The molecule has 9 atom stereocenters. The van der Waals surface area contributed by atoms with Crippen LogP contribution in [0.3, 0.4) is 0 Å². The average molecular weight is 176 g/mol. The number of hydrogen-bond donors (Lipinski definition) is 1. The zero-order chi connectivity index (χ0) is 8.32. The molecule has 1 unspecified atom stereocenters. The van der Waals surface area contributed by atoms with Crippen LogP contribution >= 0.6 is 0 Å². The first-order valence-electron chi connectivity index (χ1n) is 6.04. The van der Waals surface area contributed by atoms with Gasteiger partial charge in [0.2, 0.25) is 0 Å². The number of fused-ring (bicyclic) bond motifs is 5. The van der Waals surface area contributed by atoms with E-state index in [0.29, 0.717) is 0 Å². The Hall–Kier alpha value is -0.0400. The van der Waals surface area contributed by atoms with Gasteiger partial charge in [-0.2, -0.15) is 0 Å². The van der Waals surface area contributed by atoms with Crippen LogP contribution in [-0.2, 0) is 0 Å². The molecule has 0 amide bonds. The van der Waals surface area contributed by atoms with Crippen LogP contribution in [0.2, 0.25) is 0 Å². The SMILES string of the molecule is O[C@@H]1[C@@H]2[C@@H]3C[C@H]1C1[C@H]4C[C@H]([C@@H]2C4)[C@@H]13. The van der Waals surface area contributed by atoms with Gasteiger partial charge in [-0.15, -0.1) is 0 Å². The molecule has 0 radical (unpaired) electrons. The Bertz CT molecular complexity index is 290. The molecule has 13 heavy (non-hydrogen) atoms. The Labute approximate surface area is 78.5 Å². The predicted molar refractivity (Wildman–Crippen MR) is 47.8 cm³/mol. The maximum absolute atomic E-state index is 10.2. The highest BCUT2D eigenvalue weighted by molar-refractivity contribution is 5.23. The summed E-state index contributed by atoms with van der Waals surface area (Å²) >= 11 is 0. The highest BCUT2D eigenvalue weighted by atomic mass is 16.3. The third-order valence-corrected chi connectivity index (χ3v) is 6.54. The van der Waals surface area contributed by atoms with Crippen LogP contribution in [0.1, 0.15) is 19.3 Å². The first kappa shape index (κ1) is 6.44. The molecule has 1 heteroatoms. The standard InChI is InChI=1S/C12H16O/c13-12-8-3-7-10-5-1-4(9(8)10)2-6(5)11(7)12/h4-13H,1-3H2/t4-,5+,6-,7+,8-,9?,10+,11-,12-/m0/s1. The van der Waals surface area contributed by atoms with Gasteiger partial charge < -0.3 is 5.11 Å². The number of rotatable bonds is 0. The van der Waals surface area contributed by atoms with Crippen molar-refractivity contribution < 1.29 is 5.11 Å². The van der Waals surface area contributed by atoms with E-state index >= 15 is 0 Å². The van der Waals surface area contributed by atoms with E-state index < -0.39 is 0 Å². The van der Waals surface area contributed by atoms with E-state index in [0.717, 1.165) is 47.3 Å². The van der Waals surface area contributed by atoms with Crippen molar-refractivity contribution in [2.45, 2.75) is 25.4 Å². The monoisotopic (exact) mass is 176 g/mol. The molecule has 0 saturated heterocycles.